The van der Waals surface area contributed by atoms with Gasteiger partial charge in [-0.05, 0) is 0 Å². The van der Waals surface area contributed by atoms with Crippen molar-refractivity contribution in [3.63, 3.8) is 0 Å². The first-order valence-electron chi connectivity index (χ1n) is 3.59. The fraction of sp³-hybridized carbons (Fsp3) is 0.714. The Bertz CT molecular complexity index is 194. The number of aliphatic hydroxyl groups is 1. The Balaban J connectivity index is 2.63. The van der Waals surface area contributed by atoms with E-state index in [1.165, 1.54) is 7.11 Å². The Hall–Kier alpha value is -1.10. The molecule has 12 heavy (non-hydrogen) atoms. The lowest BCUT2D eigenvalue weighted by atomic mass is 10.2. The summed E-state index contributed by atoms with van der Waals surface area (Å²) in [7, 11) is 1.25. The summed E-state index contributed by atoms with van der Waals surface area (Å²) in [4.78, 5) is 22.4. The molecule has 2 atom stereocenters. The molecule has 5 nitrogen and oxygen atoms in total. The monoisotopic (exact) mass is 172 g/mol. The molecule has 1 radical (unpaired) electrons. The van der Waals surface area contributed by atoms with Gasteiger partial charge < -0.3 is 14.7 Å². The van der Waals surface area contributed by atoms with Gasteiger partial charge in [0.15, 0.2) is 0 Å². The molecule has 5 heteroatoms. The van der Waals surface area contributed by atoms with Crippen LogP contribution in [0.2, 0.25) is 0 Å². The maximum atomic E-state index is 11.0. The van der Waals surface area contributed by atoms with Crippen LogP contribution in [0, 0.1) is 0 Å². The van der Waals surface area contributed by atoms with Crippen LogP contribution in [0.4, 0.5) is 0 Å². The number of aliphatic hydroxyl groups excluding tert-OH is 1. The Morgan fingerprint density at radius 2 is 2.42 bits per heavy atom. The van der Waals surface area contributed by atoms with Crippen molar-refractivity contribution in [1.29, 1.82) is 0 Å². The molecule has 1 amide bonds. The minimum atomic E-state index is -0.664. The maximum Gasteiger partial charge on any atom is 0.328 e. The van der Waals surface area contributed by atoms with Crippen LogP contribution in [0.15, 0.2) is 0 Å². The minimum absolute atomic E-state index is 0.156. The molecule has 0 aromatic heterocycles. The fourth-order valence-electron chi connectivity index (χ4n) is 1.27. The number of ether oxygens (including phenoxy) is 1. The maximum absolute atomic E-state index is 11.0. The lowest BCUT2D eigenvalue weighted by molar-refractivity contribution is -0.144. The summed E-state index contributed by atoms with van der Waals surface area (Å²) in [6, 6.07) is -0.664. The van der Waals surface area contributed by atoms with Gasteiger partial charge in [0.05, 0.1) is 13.2 Å². The number of carbonyl (C=O) groups excluding carboxylic acids is 2. The summed E-state index contributed by atoms with van der Waals surface area (Å²) in [5, 5.41) is 9.12. The third-order valence-electron chi connectivity index (χ3n) is 1.87. The van der Waals surface area contributed by atoms with E-state index in [2.05, 4.69) is 4.74 Å². The zero-order valence-corrected chi connectivity index (χ0v) is 6.69. The average Bonchev–Trinajstić information content (AvgIpc) is 2.45. The van der Waals surface area contributed by atoms with Crippen molar-refractivity contribution in [2.75, 3.05) is 13.7 Å². The van der Waals surface area contributed by atoms with Crippen molar-refractivity contribution in [3.8, 4) is 0 Å². The highest BCUT2D eigenvalue weighted by Crippen LogP contribution is 2.16. The van der Waals surface area contributed by atoms with Crippen LogP contribution in [0.3, 0.4) is 0 Å². The Morgan fingerprint density at radius 3 is 2.92 bits per heavy atom. The molecule has 0 spiro atoms. The highest BCUT2D eigenvalue weighted by molar-refractivity contribution is 5.78. The molecule has 1 aliphatic rings. The molecule has 0 saturated carbocycles. The number of rotatable bonds is 2. The quantitative estimate of drug-likeness (QED) is 0.523. The smallest absolute Gasteiger partial charge is 0.328 e. The van der Waals surface area contributed by atoms with Gasteiger partial charge in [-0.25, -0.2) is 4.79 Å². The lowest BCUT2D eigenvalue weighted by Crippen LogP contribution is -2.35. The Labute approximate surface area is 69.9 Å². The molecule has 1 heterocycles. The number of β-amino-alcohol motifs (C(OH)–C–C–N with tert-alkyl or cyclic N) is 1. The molecular weight excluding hydrogens is 162 g/mol. The average molecular weight is 172 g/mol. The number of hydrogen-bond donors (Lipinski definition) is 1. The topological polar surface area (TPSA) is 66.8 Å². The molecule has 0 bridgehead atoms. The van der Waals surface area contributed by atoms with E-state index in [1.807, 2.05) is 0 Å². The zero-order valence-electron chi connectivity index (χ0n) is 6.69. The standard InChI is InChI=1S/C7H10NO4/c1-12-7(11)6-2-5(10)3-8(6)4-9/h5-6,10H,2-3H2,1H3/t5-,6-/m1/s1. The van der Waals surface area contributed by atoms with Gasteiger partial charge in [-0.3, -0.25) is 4.79 Å². The van der Waals surface area contributed by atoms with Gasteiger partial charge >= 0.3 is 12.4 Å². The van der Waals surface area contributed by atoms with E-state index in [4.69, 9.17) is 5.11 Å². The predicted octanol–water partition coefficient (Wildman–Crippen LogP) is -1.34. The highest BCUT2D eigenvalue weighted by atomic mass is 16.5. The predicted molar refractivity (Wildman–Crippen MR) is 38.8 cm³/mol. The van der Waals surface area contributed by atoms with Gasteiger partial charge in [-0.2, -0.15) is 0 Å². The van der Waals surface area contributed by atoms with Crippen LogP contribution in [-0.2, 0) is 14.3 Å². The molecule has 1 saturated heterocycles. The van der Waals surface area contributed by atoms with Crippen molar-refractivity contribution in [3.05, 3.63) is 0 Å². The number of nitrogens with zero attached hydrogens (tertiary/aromatic N) is 1. The molecule has 0 aromatic rings. The first-order valence-corrected chi connectivity index (χ1v) is 3.59. The summed E-state index contributed by atoms with van der Waals surface area (Å²) in [6.45, 7) is 0.156. The molecule has 1 rings (SSSR count). The third-order valence-corrected chi connectivity index (χ3v) is 1.87. The SMILES string of the molecule is COC(=O)[C@H]1C[C@@H](O)CN1[C]=O. The summed E-state index contributed by atoms with van der Waals surface area (Å²) in [5.74, 6) is -0.505. The second-order valence-electron chi connectivity index (χ2n) is 2.67. The van der Waals surface area contributed by atoms with Crippen molar-refractivity contribution < 1.29 is 19.4 Å². The van der Waals surface area contributed by atoms with Gasteiger partial charge in [0.2, 0.25) is 0 Å². The Kier molecular flexibility index (Phi) is 2.65. The van der Waals surface area contributed by atoms with Gasteiger partial charge in [0, 0.05) is 13.0 Å². The summed E-state index contributed by atoms with van der Waals surface area (Å²) < 4.78 is 4.44. The van der Waals surface area contributed by atoms with Crippen molar-refractivity contribution in [1.82, 2.24) is 4.90 Å². The molecule has 1 N–H and O–H groups in total. The van der Waals surface area contributed by atoms with Crippen LogP contribution in [-0.4, -0.2) is 48.2 Å². The number of carbonyl (C=O) groups is 1. The van der Waals surface area contributed by atoms with E-state index in [0.717, 1.165) is 4.90 Å². The van der Waals surface area contributed by atoms with E-state index < -0.39 is 18.1 Å². The van der Waals surface area contributed by atoms with E-state index >= 15 is 0 Å². The van der Waals surface area contributed by atoms with Crippen LogP contribution >= 0.6 is 0 Å². The normalized spacial score (nSPS) is 28.7. The third kappa shape index (κ3) is 1.55. The van der Waals surface area contributed by atoms with Crippen LogP contribution in [0.5, 0.6) is 0 Å². The van der Waals surface area contributed by atoms with Crippen molar-refractivity contribution >= 4 is 12.4 Å². The van der Waals surface area contributed by atoms with Crippen LogP contribution < -0.4 is 0 Å². The first-order chi connectivity index (χ1) is 5.69. The summed E-state index contributed by atoms with van der Waals surface area (Å²) >= 11 is 0. The van der Waals surface area contributed by atoms with Crippen molar-refractivity contribution in [2.45, 2.75) is 18.6 Å². The lowest BCUT2D eigenvalue weighted by Gasteiger charge is -2.14. The molecule has 67 valence electrons. The van der Waals surface area contributed by atoms with Crippen molar-refractivity contribution in [2.24, 2.45) is 0 Å². The van der Waals surface area contributed by atoms with Gasteiger partial charge in [0.25, 0.3) is 0 Å². The van der Waals surface area contributed by atoms with Gasteiger partial charge in [-0.15, -0.1) is 0 Å². The number of amides is 1. The molecule has 1 fully saturated rings. The van der Waals surface area contributed by atoms with Crippen LogP contribution in [0.25, 0.3) is 0 Å². The zero-order chi connectivity index (χ0) is 9.14. The molecule has 0 unspecified atom stereocenters. The van der Waals surface area contributed by atoms with Gasteiger partial charge in [0.1, 0.15) is 6.04 Å². The second-order valence-corrected chi connectivity index (χ2v) is 2.67. The summed E-state index contributed by atoms with van der Waals surface area (Å²) in [6.07, 6.45) is 1.18. The Morgan fingerprint density at radius 1 is 1.75 bits per heavy atom. The minimum Gasteiger partial charge on any atom is -0.467 e. The van der Waals surface area contributed by atoms with E-state index in [0.29, 0.717) is 0 Å². The van der Waals surface area contributed by atoms with E-state index in [1.54, 1.807) is 6.41 Å². The fourth-order valence-corrected chi connectivity index (χ4v) is 1.27. The molecule has 0 aromatic carbocycles. The number of likely N-dealkylation sites (tertiary alicyclic amines) is 1. The summed E-state index contributed by atoms with van der Waals surface area (Å²) in [5.41, 5.74) is 0. The second kappa shape index (κ2) is 3.53. The molecular formula is C7H10NO4. The number of methoxy groups -OCH3 is 1. The molecule has 1 aliphatic heterocycles. The first kappa shape index (κ1) is 8.99. The van der Waals surface area contributed by atoms with Crippen LogP contribution in [0.1, 0.15) is 6.42 Å². The van der Waals surface area contributed by atoms with E-state index in [-0.39, 0.29) is 13.0 Å². The van der Waals surface area contributed by atoms with E-state index in [9.17, 15) is 9.59 Å². The number of hydrogen-bond acceptors (Lipinski definition) is 4. The molecule has 0 aliphatic carbocycles. The number of esters is 1. The van der Waals surface area contributed by atoms with Gasteiger partial charge in [-0.1, -0.05) is 0 Å². The highest BCUT2D eigenvalue weighted by Gasteiger charge is 2.36. The largest absolute Gasteiger partial charge is 0.467 e.